The Balaban J connectivity index is 1.69. The fraction of sp³-hybridized carbons (Fsp3) is 0.333. The van der Waals surface area contributed by atoms with Gasteiger partial charge in [0.05, 0.1) is 35.8 Å². The molecule has 1 fully saturated rings. The Hall–Kier alpha value is -2.34. The molecule has 1 aliphatic rings. The molecule has 0 bridgehead atoms. The SMILES string of the molecule is COc1cc2ncc(-c3cccc(N[C@H]4CCC[C@@H]4F)n3)n2cc1Cl. The second-order valence-corrected chi connectivity index (χ2v) is 6.57. The molecule has 3 aromatic rings. The summed E-state index contributed by atoms with van der Waals surface area (Å²) in [5.41, 5.74) is 2.27. The number of ether oxygens (including phenoxy) is 1. The number of imidazole rings is 1. The number of hydrogen-bond acceptors (Lipinski definition) is 4. The Labute approximate surface area is 149 Å². The van der Waals surface area contributed by atoms with Gasteiger partial charge in [-0.2, -0.15) is 0 Å². The Morgan fingerprint density at radius 1 is 1.36 bits per heavy atom. The smallest absolute Gasteiger partial charge is 0.142 e. The number of anilines is 1. The van der Waals surface area contributed by atoms with Gasteiger partial charge in [-0.1, -0.05) is 17.7 Å². The normalized spacial score (nSPS) is 20.1. The van der Waals surface area contributed by atoms with Crippen LogP contribution < -0.4 is 10.1 Å². The lowest BCUT2D eigenvalue weighted by Crippen LogP contribution is -2.25. The molecule has 3 aromatic heterocycles. The highest BCUT2D eigenvalue weighted by Gasteiger charge is 2.27. The highest BCUT2D eigenvalue weighted by atomic mass is 35.5. The van der Waals surface area contributed by atoms with E-state index < -0.39 is 6.17 Å². The third-order valence-corrected chi connectivity index (χ3v) is 4.84. The summed E-state index contributed by atoms with van der Waals surface area (Å²) in [5.74, 6) is 1.24. The van der Waals surface area contributed by atoms with E-state index in [0.717, 1.165) is 29.9 Å². The number of nitrogens with one attached hydrogen (secondary N) is 1. The topological polar surface area (TPSA) is 51.5 Å². The number of rotatable bonds is 4. The number of methoxy groups -OCH3 is 1. The van der Waals surface area contributed by atoms with Crippen molar-refractivity contribution in [2.24, 2.45) is 0 Å². The first-order valence-corrected chi connectivity index (χ1v) is 8.62. The molecular formula is C18H18ClFN4O. The number of pyridine rings is 2. The summed E-state index contributed by atoms with van der Waals surface area (Å²) < 4.78 is 20.9. The Morgan fingerprint density at radius 3 is 3.00 bits per heavy atom. The second-order valence-electron chi connectivity index (χ2n) is 6.17. The van der Waals surface area contributed by atoms with Crippen molar-refractivity contribution in [1.29, 1.82) is 0 Å². The molecule has 1 saturated carbocycles. The van der Waals surface area contributed by atoms with Crippen molar-refractivity contribution in [2.45, 2.75) is 31.5 Å². The van der Waals surface area contributed by atoms with Crippen molar-refractivity contribution in [2.75, 3.05) is 12.4 Å². The summed E-state index contributed by atoms with van der Waals surface area (Å²) in [6.07, 6.45) is 5.04. The van der Waals surface area contributed by atoms with Crippen LogP contribution in [0.4, 0.5) is 10.2 Å². The van der Waals surface area contributed by atoms with Gasteiger partial charge in [0.1, 0.15) is 23.4 Å². The van der Waals surface area contributed by atoms with Crippen molar-refractivity contribution in [3.8, 4) is 17.1 Å². The molecule has 4 rings (SSSR count). The van der Waals surface area contributed by atoms with E-state index in [1.54, 1.807) is 25.6 Å². The average Bonchev–Trinajstić information content (AvgIpc) is 3.20. The molecule has 0 aliphatic heterocycles. The van der Waals surface area contributed by atoms with Crippen LogP contribution in [0.5, 0.6) is 5.75 Å². The average molecular weight is 361 g/mol. The second kappa shape index (κ2) is 6.52. The Bertz CT molecular complexity index is 913. The van der Waals surface area contributed by atoms with Gasteiger partial charge in [0.25, 0.3) is 0 Å². The van der Waals surface area contributed by atoms with Crippen LogP contribution >= 0.6 is 11.6 Å². The first-order valence-electron chi connectivity index (χ1n) is 8.24. The van der Waals surface area contributed by atoms with Crippen LogP contribution in [0.1, 0.15) is 19.3 Å². The van der Waals surface area contributed by atoms with Crippen LogP contribution in [0.15, 0.2) is 36.7 Å². The first-order chi connectivity index (χ1) is 12.2. The summed E-state index contributed by atoms with van der Waals surface area (Å²) in [6, 6.07) is 7.27. The maximum absolute atomic E-state index is 13.8. The Kier molecular flexibility index (Phi) is 4.21. The highest BCUT2D eigenvalue weighted by Crippen LogP contribution is 2.29. The lowest BCUT2D eigenvalue weighted by molar-refractivity contribution is 0.323. The van der Waals surface area contributed by atoms with Gasteiger partial charge < -0.3 is 10.1 Å². The quantitative estimate of drug-likeness (QED) is 0.751. The minimum atomic E-state index is -0.812. The molecule has 5 nitrogen and oxygen atoms in total. The van der Waals surface area contributed by atoms with E-state index in [4.69, 9.17) is 16.3 Å². The van der Waals surface area contributed by atoms with Crippen LogP contribution in [0.2, 0.25) is 5.02 Å². The molecule has 130 valence electrons. The lowest BCUT2D eigenvalue weighted by atomic mass is 10.2. The van der Waals surface area contributed by atoms with Crippen LogP contribution in [-0.4, -0.2) is 33.7 Å². The zero-order chi connectivity index (χ0) is 17.4. The fourth-order valence-corrected chi connectivity index (χ4v) is 3.48. The summed E-state index contributed by atoms with van der Waals surface area (Å²) >= 11 is 6.23. The molecule has 0 aromatic carbocycles. The molecule has 0 spiro atoms. The van der Waals surface area contributed by atoms with Gasteiger partial charge in [-0.25, -0.2) is 14.4 Å². The van der Waals surface area contributed by atoms with Crippen molar-refractivity contribution in [1.82, 2.24) is 14.4 Å². The molecular weight excluding hydrogens is 343 g/mol. The highest BCUT2D eigenvalue weighted by molar-refractivity contribution is 6.32. The summed E-state index contributed by atoms with van der Waals surface area (Å²) in [5, 5.41) is 3.70. The van der Waals surface area contributed by atoms with Crippen LogP contribution in [0.3, 0.4) is 0 Å². The van der Waals surface area contributed by atoms with E-state index in [-0.39, 0.29) is 6.04 Å². The number of nitrogens with zero attached hydrogens (tertiary/aromatic N) is 3. The van der Waals surface area contributed by atoms with Crippen LogP contribution in [-0.2, 0) is 0 Å². The summed E-state index contributed by atoms with van der Waals surface area (Å²) in [7, 11) is 1.57. The van der Waals surface area contributed by atoms with E-state index in [0.29, 0.717) is 23.0 Å². The zero-order valence-corrected chi connectivity index (χ0v) is 14.5. The number of aromatic nitrogens is 3. The molecule has 7 heteroatoms. The maximum Gasteiger partial charge on any atom is 0.142 e. The molecule has 2 atom stereocenters. The molecule has 0 saturated heterocycles. The summed E-state index contributed by atoms with van der Waals surface area (Å²) in [6.45, 7) is 0. The standard InChI is InChI=1S/C18H18ClFN4O/c1-25-16-8-18-21-9-15(24(18)10-11(16)19)14-6-3-7-17(23-14)22-13-5-2-4-12(13)20/h3,6-10,12-13H,2,4-5H2,1H3,(H,22,23)/t12-,13-/m0/s1. The van der Waals surface area contributed by atoms with E-state index >= 15 is 0 Å². The summed E-state index contributed by atoms with van der Waals surface area (Å²) in [4.78, 5) is 9.02. The number of hydrogen-bond donors (Lipinski definition) is 1. The van der Waals surface area contributed by atoms with Gasteiger partial charge in [-0.15, -0.1) is 0 Å². The van der Waals surface area contributed by atoms with Gasteiger partial charge in [0.2, 0.25) is 0 Å². The monoisotopic (exact) mass is 360 g/mol. The van der Waals surface area contributed by atoms with Crippen molar-refractivity contribution in [3.05, 3.63) is 41.7 Å². The van der Waals surface area contributed by atoms with Crippen molar-refractivity contribution < 1.29 is 9.13 Å². The molecule has 0 unspecified atom stereocenters. The number of alkyl halides is 1. The van der Waals surface area contributed by atoms with Gasteiger partial charge in [-0.05, 0) is 31.4 Å². The molecule has 3 heterocycles. The zero-order valence-electron chi connectivity index (χ0n) is 13.7. The van der Waals surface area contributed by atoms with Crippen LogP contribution in [0.25, 0.3) is 17.0 Å². The van der Waals surface area contributed by atoms with E-state index in [2.05, 4.69) is 15.3 Å². The first kappa shape index (κ1) is 16.1. The maximum atomic E-state index is 13.8. The molecule has 1 N–H and O–H groups in total. The Morgan fingerprint density at radius 2 is 2.24 bits per heavy atom. The molecule has 1 aliphatic carbocycles. The van der Waals surface area contributed by atoms with Crippen molar-refractivity contribution in [3.63, 3.8) is 0 Å². The van der Waals surface area contributed by atoms with E-state index in [1.807, 2.05) is 22.6 Å². The molecule has 25 heavy (non-hydrogen) atoms. The van der Waals surface area contributed by atoms with Crippen molar-refractivity contribution >= 4 is 23.1 Å². The van der Waals surface area contributed by atoms with Gasteiger partial charge in [0.15, 0.2) is 0 Å². The van der Waals surface area contributed by atoms with Gasteiger partial charge >= 0.3 is 0 Å². The van der Waals surface area contributed by atoms with Gasteiger partial charge in [-0.3, -0.25) is 4.40 Å². The predicted molar refractivity (Wildman–Crippen MR) is 96.1 cm³/mol. The van der Waals surface area contributed by atoms with Gasteiger partial charge in [0, 0.05) is 12.3 Å². The lowest BCUT2D eigenvalue weighted by Gasteiger charge is -2.16. The third-order valence-electron chi connectivity index (χ3n) is 4.56. The van der Waals surface area contributed by atoms with E-state index in [1.165, 1.54) is 0 Å². The minimum absolute atomic E-state index is 0.163. The third kappa shape index (κ3) is 3.02. The fourth-order valence-electron chi connectivity index (χ4n) is 3.25. The molecule has 0 amide bonds. The largest absolute Gasteiger partial charge is 0.495 e. The predicted octanol–water partition coefficient (Wildman–Crippen LogP) is 4.36. The number of fused-ring (bicyclic) bond motifs is 1. The number of halogens is 2. The van der Waals surface area contributed by atoms with Crippen LogP contribution in [0, 0.1) is 0 Å². The van der Waals surface area contributed by atoms with E-state index in [9.17, 15) is 4.39 Å². The molecule has 0 radical (unpaired) electrons. The minimum Gasteiger partial charge on any atom is -0.495 e.